The minimum atomic E-state index is 0.107. The van der Waals surface area contributed by atoms with E-state index >= 15 is 0 Å². The van der Waals surface area contributed by atoms with Gasteiger partial charge in [0.25, 0.3) is 0 Å². The third kappa shape index (κ3) is 2.57. The van der Waals surface area contributed by atoms with Crippen LogP contribution in [0.4, 0.5) is 0 Å². The van der Waals surface area contributed by atoms with Crippen LogP contribution in [0, 0.1) is 5.41 Å². The molecule has 2 aliphatic rings. The first-order valence-electron chi connectivity index (χ1n) is 9.18. The highest BCUT2D eigenvalue weighted by molar-refractivity contribution is 9.10. The fourth-order valence-corrected chi connectivity index (χ4v) is 6.46. The van der Waals surface area contributed by atoms with Gasteiger partial charge in [0.1, 0.15) is 0 Å². The van der Waals surface area contributed by atoms with Gasteiger partial charge < -0.3 is 0 Å². The molecule has 4 rings (SSSR count). The molecular formula is C24H25BrS. The maximum atomic E-state index is 3.75. The Bertz CT molecular complexity index is 949. The van der Waals surface area contributed by atoms with E-state index < -0.39 is 0 Å². The minimum absolute atomic E-state index is 0.107. The number of rotatable bonds is 3. The van der Waals surface area contributed by atoms with Crippen LogP contribution in [0.15, 0.2) is 56.9 Å². The first-order valence-corrected chi connectivity index (χ1v) is 11.2. The molecule has 2 atom stereocenters. The van der Waals surface area contributed by atoms with E-state index in [0.717, 1.165) is 0 Å². The highest BCUT2D eigenvalue weighted by Gasteiger charge is 2.45. The third-order valence-electron chi connectivity index (χ3n) is 6.17. The number of fused-ring (bicyclic) bond motifs is 2. The molecule has 0 spiro atoms. The maximum Gasteiger partial charge on any atom is 0.0250 e. The third-order valence-corrected chi connectivity index (χ3v) is 7.66. The van der Waals surface area contributed by atoms with E-state index in [0.29, 0.717) is 11.8 Å². The molecule has 2 aromatic carbocycles. The highest BCUT2D eigenvalue weighted by atomic mass is 79.9. The van der Waals surface area contributed by atoms with Crippen molar-refractivity contribution >= 4 is 39.8 Å². The van der Waals surface area contributed by atoms with Gasteiger partial charge in [-0.15, -0.1) is 11.8 Å². The monoisotopic (exact) mass is 424 g/mol. The van der Waals surface area contributed by atoms with Crippen molar-refractivity contribution < 1.29 is 0 Å². The standard InChI is InChI=1S/C24H25BrS/c1-14-12-18-16(8-6-10-20(18)25)22(14)24(3,4)23-15(2)13-19-17(23)9-7-11-21(19)26-5/h6-13,22-23H,1-5H3. The van der Waals surface area contributed by atoms with Crippen LogP contribution < -0.4 is 0 Å². The molecule has 0 bridgehead atoms. The van der Waals surface area contributed by atoms with Crippen LogP contribution >= 0.6 is 27.7 Å². The Morgan fingerprint density at radius 1 is 0.846 bits per heavy atom. The van der Waals surface area contributed by atoms with Crippen molar-refractivity contribution in [1.29, 1.82) is 0 Å². The average molecular weight is 425 g/mol. The van der Waals surface area contributed by atoms with Crippen molar-refractivity contribution in [3.63, 3.8) is 0 Å². The smallest absolute Gasteiger partial charge is 0.0250 e. The molecule has 2 heteroatoms. The number of hydrogen-bond acceptors (Lipinski definition) is 1. The van der Waals surface area contributed by atoms with E-state index in [1.165, 1.54) is 42.8 Å². The summed E-state index contributed by atoms with van der Waals surface area (Å²) in [6.07, 6.45) is 6.97. The number of hydrogen-bond donors (Lipinski definition) is 0. The van der Waals surface area contributed by atoms with Gasteiger partial charge in [0.15, 0.2) is 0 Å². The SMILES string of the molecule is CSc1cccc2c1C=C(C)C2C(C)(C)C1C(C)=Cc2c(Br)cccc21. The first-order chi connectivity index (χ1) is 12.4. The fraction of sp³-hybridized carbons (Fsp3) is 0.333. The van der Waals surface area contributed by atoms with Gasteiger partial charge in [0, 0.05) is 21.2 Å². The zero-order chi connectivity index (χ0) is 18.6. The van der Waals surface area contributed by atoms with Crippen LogP contribution in [0.5, 0.6) is 0 Å². The Hall–Kier alpha value is -1.25. The lowest BCUT2D eigenvalue weighted by atomic mass is 9.63. The van der Waals surface area contributed by atoms with Crippen molar-refractivity contribution in [1.82, 2.24) is 0 Å². The molecule has 0 fully saturated rings. The van der Waals surface area contributed by atoms with Gasteiger partial charge in [-0.2, -0.15) is 0 Å². The van der Waals surface area contributed by atoms with Gasteiger partial charge in [0.05, 0.1) is 0 Å². The van der Waals surface area contributed by atoms with Gasteiger partial charge in [-0.25, -0.2) is 0 Å². The van der Waals surface area contributed by atoms with Crippen LogP contribution in [0.2, 0.25) is 0 Å². The topological polar surface area (TPSA) is 0 Å². The quantitative estimate of drug-likeness (QED) is 0.451. The molecule has 0 saturated carbocycles. The summed E-state index contributed by atoms with van der Waals surface area (Å²) in [5.74, 6) is 0.884. The predicted octanol–water partition coefficient (Wildman–Crippen LogP) is 7.90. The second-order valence-electron chi connectivity index (χ2n) is 8.17. The molecule has 0 N–H and O–H groups in total. The highest BCUT2D eigenvalue weighted by Crippen LogP contribution is 2.59. The predicted molar refractivity (Wildman–Crippen MR) is 119 cm³/mol. The molecule has 0 aromatic heterocycles. The van der Waals surface area contributed by atoms with Crippen molar-refractivity contribution in [2.75, 3.05) is 6.26 Å². The molecule has 2 aliphatic carbocycles. The van der Waals surface area contributed by atoms with Gasteiger partial charge in [-0.1, -0.05) is 77.3 Å². The van der Waals surface area contributed by atoms with E-state index in [1.807, 2.05) is 11.8 Å². The fourth-order valence-electron chi connectivity index (χ4n) is 5.36. The summed E-state index contributed by atoms with van der Waals surface area (Å²) in [6.45, 7) is 9.51. The van der Waals surface area contributed by atoms with Crippen molar-refractivity contribution in [2.45, 2.75) is 44.4 Å². The summed E-state index contributed by atoms with van der Waals surface area (Å²) in [7, 11) is 0. The van der Waals surface area contributed by atoms with Crippen LogP contribution in [-0.4, -0.2) is 6.26 Å². The van der Waals surface area contributed by atoms with Crippen LogP contribution in [-0.2, 0) is 0 Å². The van der Waals surface area contributed by atoms with Gasteiger partial charge >= 0.3 is 0 Å². The largest absolute Gasteiger partial charge is 0.129 e. The lowest BCUT2D eigenvalue weighted by Gasteiger charge is -2.41. The number of halogens is 1. The lowest BCUT2D eigenvalue weighted by molar-refractivity contribution is 0.274. The zero-order valence-electron chi connectivity index (χ0n) is 16.1. The van der Waals surface area contributed by atoms with Crippen LogP contribution in [0.25, 0.3) is 12.2 Å². The molecule has 0 amide bonds. The molecule has 0 nitrogen and oxygen atoms in total. The van der Waals surface area contributed by atoms with E-state index in [1.54, 1.807) is 0 Å². The molecule has 0 aliphatic heterocycles. The lowest BCUT2D eigenvalue weighted by Crippen LogP contribution is -2.29. The second-order valence-corrected chi connectivity index (χ2v) is 9.87. The molecule has 0 saturated heterocycles. The van der Waals surface area contributed by atoms with Gasteiger partial charge in [0.2, 0.25) is 0 Å². The zero-order valence-corrected chi connectivity index (χ0v) is 18.5. The Morgan fingerprint density at radius 3 is 2.00 bits per heavy atom. The molecular weight excluding hydrogens is 400 g/mol. The Balaban J connectivity index is 1.85. The first kappa shape index (κ1) is 18.1. The van der Waals surface area contributed by atoms with E-state index in [-0.39, 0.29) is 5.41 Å². The molecule has 2 unspecified atom stereocenters. The Labute approximate surface area is 169 Å². The second kappa shape index (κ2) is 6.42. The van der Waals surface area contributed by atoms with E-state index in [9.17, 15) is 0 Å². The molecule has 0 radical (unpaired) electrons. The van der Waals surface area contributed by atoms with Crippen LogP contribution in [0.1, 0.15) is 61.8 Å². The summed E-state index contributed by atoms with van der Waals surface area (Å²) in [6, 6.07) is 13.4. The summed E-state index contributed by atoms with van der Waals surface area (Å²) in [5.41, 5.74) is 8.82. The molecule has 26 heavy (non-hydrogen) atoms. The van der Waals surface area contributed by atoms with Crippen LogP contribution in [0.3, 0.4) is 0 Å². The van der Waals surface area contributed by atoms with Crippen molar-refractivity contribution in [2.24, 2.45) is 5.41 Å². The van der Waals surface area contributed by atoms with Gasteiger partial charge in [-0.3, -0.25) is 0 Å². The Kier molecular flexibility index (Phi) is 4.48. The maximum absolute atomic E-state index is 3.75. The van der Waals surface area contributed by atoms with E-state index in [2.05, 4.69) is 98.4 Å². The number of thioether (sulfide) groups is 1. The summed E-state index contributed by atoms with van der Waals surface area (Å²) < 4.78 is 1.21. The molecule has 134 valence electrons. The Morgan fingerprint density at radius 2 is 1.38 bits per heavy atom. The van der Waals surface area contributed by atoms with E-state index in [4.69, 9.17) is 0 Å². The minimum Gasteiger partial charge on any atom is -0.129 e. The summed E-state index contributed by atoms with van der Waals surface area (Å²) in [4.78, 5) is 1.39. The van der Waals surface area contributed by atoms with Gasteiger partial charge in [-0.05, 0) is 59.9 Å². The average Bonchev–Trinajstić information content (AvgIpc) is 3.11. The number of benzene rings is 2. The molecule has 2 aromatic rings. The molecule has 0 heterocycles. The normalized spacial score (nSPS) is 21.3. The van der Waals surface area contributed by atoms with Crippen molar-refractivity contribution in [3.8, 4) is 0 Å². The number of allylic oxidation sites excluding steroid dienone is 2. The van der Waals surface area contributed by atoms with Crippen molar-refractivity contribution in [3.05, 3.63) is 74.3 Å². The summed E-state index contributed by atoms with van der Waals surface area (Å²) in [5, 5.41) is 0. The summed E-state index contributed by atoms with van der Waals surface area (Å²) >= 11 is 5.60.